The van der Waals surface area contributed by atoms with Crippen LogP contribution in [0.3, 0.4) is 0 Å². The van der Waals surface area contributed by atoms with E-state index in [-0.39, 0.29) is 17.5 Å². The van der Waals surface area contributed by atoms with Crippen molar-refractivity contribution in [2.45, 2.75) is 38.6 Å². The molecule has 2 fully saturated rings. The van der Waals surface area contributed by atoms with Gasteiger partial charge in [-0.2, -0.15) is 14.7 Å². The number of halogens is 1. The first-order valence-electron chi connectivity index (χ1n) is 11.0. The maximum Gasteiger partial charge on any atom is 0.267 e. The van der Waals surface area contributed by atoms with Crippen molar-refractivity contribution in [3.63, 3.8) is 0 Å². The number of rotatable bonds is 3. The average molecular weight is 500 g/mol. The van der Waals surface area contributed by atoms with Gasteiger partial charge in [0.2, 0.25) is 0 Å². The molecule has 1 saturated carbocycles. The van der Waals surface area contributed by atoms with Crippen LogP contribution in [0.5, 0.6) is 0 Å². The SMILES string of the molecule is Cc1c(Br)c(=O)n(C2CCCC2)c2nc(N=c3ccc(N4CCNCC4)cn3O)ncc12. The van der Waals surface area contributed by atoms with Crippen molar-refractivity contribution in [1.29, 1.82) is 0 Å². The van der Waals surface area contributed by atoms with E-state index in [0.29, 0.717) is 15.6 Å². The number of piperazine rings is 1. The zero-order valence-corrected chi connectivity index (χ0v) is 19.5. The van der Waals surface area contributed by atoms with E-state index >= 15 is 0 Å². The Hall–Kier alpha value is -2.72. The fraction of sp³-hybridized carbons (Fsp3) is 0.455. The highest BCUT2D eigenvalue weighted by molar-refractivity contribution is 9.10. The second-order valence-electron chi connectivity index (χ2n) is 8.40. The lowest BCUT2D eigenvalue weighted by molar-refractivity contribution is 0.172. The fourth-order valence-electron chi connectivity index (χ4n) is 4.62. The minimum atomic E-state index is -0.0656. The minimum Gasteiger partial charge on any atom is -0.427 e. The molecule has 0 atom stereocenters. The van der Waals surface area contributed by atoms with Crippen LogP contribution in [-0.4, -0.2) is 50.7 Å². The van der Waals surface area contributed by atoms with Gasteiger partial charge in [0.1, 0.15) is 5.65 Å². The molecule has 9 nitrogen and oxygen atoms in total. The van der Waals surface area contributed by atoms with E-state index in [1.54, 1.807) is 23.0 Å². The zero-order valence-electron chi connectivity index (χ0n) is 18.0. The first-order chi connectivity index (χ1) is 15.5. The molecule has 1 aliphatic carbocycles. The summed E-state index contributed by atoms with van der Waals surface area (Å²) in [5.74, 6) is 0.211. The lowest BCUT2D eigenvalue weighted by Crippen LogP contribution is -2.43. The Bertz CT molecular complexity index is 1290. The Balaban J connectivity index is 1.59. The van der Waals surface area contributed by atoms with Gasteiger partial charge in [0, 0.05) is 43.8 Å². The Morgan fingerprint density at radius 1 is 1.22 bits per heavy atom. The van der Waals surface area contributed by atoms with E-state index in [1.165, 1.54) is 0 Å². The van der Waals surface area contributed by atoms with Crippen LogP contribution in [0.4, 0.5) is 11.6 Å². The number of fused-ring (bicyclic) bond motifs is 1. The summed E-state index contributed by atoms with van der Waals surface area (Å²) < 4.78 is 3.35. The van der Waals surface area contributed by atoms with Gasteiger partial charge in [0.15, 0.2) is 5.49 Å². The lowest BCUT2D eigenvalue weighted by Gasteiger charge is -2.29. The summed E-state index contributed by atoms with van der Waals surface area (Å²) in [6.45, 7) is 5.50. The van der Waals surface area contributed by atoms with Crippen molar-refractivity contribution in [3.05, 3.63) is 50.4 Å². The molecule has 0 aromatic carbocycles. The summed E-state index contributed by atoms with van der Waals surface area (Å²) in [6.07, 6.45) is 7.51. The van der Waals surface area contributed by atoms with Crippen LogP contribution in [0.1, 0.15) is 37.3 Å². The highest BCUT2D eigenvalue weighted by atomic mass is 79.9. The summed E-state index contributed by atoms with van der Waals surface area (Å²) >= 11 is 3.46. The van der Waals surface area contributed by atoms with E-state index in [0.717, 1.165) is 73.2 Å². The first-order valence-corrected chi connectivity index (χ1v) is 11.8. The van der Waals surface area contributed by atoms with Gasteiger partial charge in [0.25, 0.3) is 11.5 Å². The molecule has 2 aliphatic rings. The van der Waals surface area contributed by atoms with Crippen LogP contribution in [0.15, 0.2) is 38.8 Å². The monoisotopic (exact) mass is 499 g/mol. The Labute approximate surface area is 193 Å². The second kappa shape index (κ2) is 8.67. The van der Waals surface area contributed by atoms with Crippen molar-refractivity contribution in [1.82, 2.24) is 24.6 Å². The molecule has 0 amide bonds. The molecule has 5 rings (SSSR count). The van der Waals surface area contributed by atoms with Crippen molar-refractivity contribution in [3.8, 4) is 0 Å². The predicted molar refractivity (Wildman–Crippen MR) is 126 cm³/mol. The van der Waals surface area contributed by atoms with Gasteiger partial charge in [0.05, 0.1) is 16.4 Å². The third kappa shape index (κ3) is 3.81. The maximum absolute atomic E-state index is 13.1. The molecule has 0 radical (unpaired) electrons. The second-order valence-corrected chi connectivity index (χ2v) is 9.19. The number of aromatic nitrogens is 4. The van der Waals surface area contributed by atoms with Crippen LogP contribution in [0.25, 0.3) is 11.0 Å². The molecular weight excluding hydrogens is 474 g/mol. The third-order valence-electron chi connectivity index (χ3n) is 6.40. The maximum atomic E-state index is 13.1. The molecule has 168 valence electrons. The van der Waals surface area contributed by atoms with Gasteiger partial charge in [-0.15, -0.1) is 0 Å². The van der Waals surface area contributed by atoms with Crippen LogP contribution < -0.4 is 21.3 Å². The Morgan fingerprint density at radius 3 is 2.69 bits per heavy atom. The highest BCUT2D eigenvalue weighted by Crippen LogP contribution is 2.32. The van der Waals surface area contributed by atoms with Gasteiger partial charge in [-0.05, 0) is 53.4 Å². The highest BCUT2D eigenvalue weighted by Gasteiger charge is 2.23. The molecule has 10 heteroatoms. The Kier molecular flexibility index (Phi) is 5.73. The largest absolute Gasteiger partial charge is 0.427 e. The molecule has 1 saturated heterocycles. The van der Waals surface area contributed by atoms with Gasteiger partial charge >= 0.3 is 0 Å². The number of anilines is 1. The van der Waals surface area contributed by atoms with Gasteiger partial charge < -0.3 is 15.4 Å². The van der Waals surface area contributed by atoms with Crippen molar-refractivity contribution >= 4 is 38.6 Å². The first kappa shape index (κ1) is 21.1. The quantitative estimate of drug-likeness (QED) is 0.537. The van der Waals surface area contributed by atoms with E-state index < -0.39 is 0 Å². The lowest BCUT2D eigenvalue weighted by atomic mass is 10.1. The molecule has 4 heterocycles. The fourth-order valence-corrected chi connectivity index (χ4v) is 5.02. The van der Waals surface area contributed by atoms with Gasteiger partial charge in [-0.3, -0.25) is 9.36 Å². The van der Waals surface area contributed by atoms with Crippen LogP contribution in [0.2, 0.25) is 0 Å². The predicted octanol–water partition coefficient (Wildman–Crippen LogP) is 2.66. The van der Waals surface area contributed by atoms with Gasteiger partial charge in [-0.25, -0.2) is 4.98 Å². The molecule has 0 unspecified atom stereocenters. The zero-order chi connectivity index (χ0) is 22.2. The molecule has 3 aromatic heterocycles. The molecule has 32 heavy (non-hydrogen) atoms. The number of hydrogen-bond acceptors (Lipinski definition) is 7. The number of pyridine rings is 2. The molecule has 1 aliphatic heterocycles. The molecule has 0 bridgehead atoms. The number of hydrogen-bond donors (Lipinski definition) is 2. The van der Waals surface area contributed by atoms with E-state index in [2.05, 4.69) is 41.1 Å². The normalized spacial score (nSPS) is 18.1. The van der Waals surface area contributed by atoms with E-state index in [9.17, 15) is 10.0 Å². The number of nitrogens with zero attached hydrogens (tertiary/aromatic N) is 6. The van der Waals surface area contributed by atoms with Gasteiger partial charge in [-0.1, -0.05) is 12.8 Å². The average Bonchev–Trinajstić information content (AvgIpc) is 3.34. The molecular formula is C22H26BrN7O2. The third-order valence-corrected chi connectivity index (χ3v) is 7.34. The number of nitrogens with one attached hydrogen (secondary N) is 1. The van der Waals surface area contributed by atoms with E-state index in [4.69, 9.17) is 0 Å². The van der Waals surface area contributed by atoms with Crippen LogP contribution in [-0.2, 0) is 0 Å². The van der Waals surface area contributed by atoms with Crippen molar-refractivity contribution < 1.29 is 5.21 Å². The Morgan fingerprint density at radius 2 is 1.97 bits per heavy atom. The van der Waals surface area contributed by atoms with E-state index in [1.807, 2.05) is 13.0 Å². The van der Waals surface area contributed by atoms with Crippen LogP contribution >= 0.6 is 15.9 Å². The summed E-state index contributed by atoms with van der Waals surface area (Å²) in [5.41, 5.74) is 2.61. The van der Waals surface area contributed by atoms with Crippen LogP contribution in [0, 0.1) is 6.92 Å². The van der Waals surface area contributed by atoms with Crippen molar-refractivity contribution in [2.24, 2.45) is 4.99 Å². The number of aryl methyl sites for hydroxylation is 1. The standard InChI is InChI=1S/C22H26BrN7O2/c1-14-17-12-25-22(27-20(17)30(21(31)19(14)23)15-4-2-3-5-15)26-18-7-6-16(13-29(18)32)28-10-8-24-9-11-28/h6-7,12-13,15,24,32H,2-5,8-11H2,1H3. The topological polar surface area (TPSA) is 101 Å². The minimum absolute atomic E-state index is 0.0656. The smallest absolute Gasteiger partial charge is 0.267 e. The van der Waals surface area contributed by atoms with Crippen molar-refractivity contribution in [2.75, 3.05) is 31.1 Å². The summed E-state index contributed by atoms with van der Waals surface area (Å²) in [6, 6.07) is 3.82. The summed E-state index contributed by atoms with van der Waals surface area (Å²) in [5, 5.41) is 14.7. The molecule has 3 aromatic rings. The molecule has 2 N–H and O–H groups in total. The summed E-state index contributed by atoms with van der Waals surface area (Å²) in [4.78, 5) is 28.8. The summed E-state index contributed by atoms with van der Waals surface area (Å²) in [7, 11) is 0. The molecule has 0 spiro atoms.